The average molecular weight is 248 g/mol. The van der Waals surface area contributed by atoms with Gasteiger partial charge in [-0.2, -0.15) is 0 Å². The van der Waals surface area contributed by atoms with E-state index in [9.17, 15) is 9.59 Å². The van der Waals surface area contributed by atoms with Gasteiger partial charge in [-0.15, -0.1) is 0 Å². The van der Waals surface area contributed by atoms with Crippen LogP contribution in [0.15, 0.2) is 12.4 Å². The minimum atomic E-state index is -0.380. The van der Waals surface area contributed by atoms with E-state index in [0.717, 1.165) is 18.7 Å². The van der Waals surface area contributed by atoms with Crippen molar-refractivity contribution in [2.75, 3.05) is 0 Å². The molecule has 1 saturated carbocycles. The summed E-state index contributed by atoms with van der Waals surface area (Å²) in [5.41, 5.74) is 0. The van der Waals surface area contributed by atoms with Crippen molar-refractivity contribution in [2.45, 2.75) is 37.9 Å². The Morgan fingerprint density at radius 2 is 2.22 bits per heavy atom. The van der Waals surface area contributed by atoms with E-state index in [0.29, 0.717) is 6.54 Å². The van der Waals surface area contributed by atoms with E-state index in [2.05, 4.69) is 10.3 Å². The molecular weight excluding hydrogens is 232 g/mol. The van der Waals surface area contributed by atoms with Gasteiger partial charge in [0.05, 0.1) is 19.0 Å². The summed E-state index contributed by atoms with van der Waals surface area (Å²) in [6.07, 6.45) is 5.77. The number of rotatable bonds is 4. The van der Waals surface area contributed by atoms with Gasteiger partial charge in [0.15, 0.2) is 0 Å². The molecule has 2 fully saturated rings. The van der Waals surface area contributed by atoms with Crippen LogP contribution in [-0.2, 0) is 23.2 Å². The van der Waals surface area contributed by atoms with Crippen LogP contribution in [0.3, 0.4) is 0 Å². The highest BCUT2D eigenvalue weighted by atomic mass is 16.2. The molecule has 96 valence electrons. The predicted octanol–water partition coefficient (Wildman–Crippen LogP) is -0.200. The SMILES string of the molecule is Cn1ccnc1CNC1CC(=O)N(C2CC2)C1=O. The van der Waals surface area contributed by atoms with Crippen molar-refractivity contribution in [3.8, 4) is 0 Å². The fourth-order valence-electron chi connectivity index (χ4n) is 2.31. The summed E-state index contributed by atoms with van der Waals surface area (Å²) >= 11 is 0. The first-order valence-corrected chi connectivity index (χ1v) is 6.22. The quantitative estimate of drug-likeness (QED) is 0.749. The Morgan fingerprint density at radius 3 is 2.83 bits per heavy atom. The van der Waals surface area contributed by atoms with E-state index in [-0.39, 0.29) is 30.3 Å². The highest BCUT2D eigenvalue weighted by molar-refractivity contribution is 6.06. The molecule has 1 atom stereocenters. The highest BCUT2D eigenvalue weighted by Crippen LogP contribution is 2.31. The summed E-state index contributed by atoms with van der Waals surface area (Å²) in [5.74, 6) is 0.747. The molecule has 1 saturated heterocycles. The van der Waals surface area contributed by atoms with Crippen LogP contribution in [0.2, 0.25) is 0 Å². The lowest BCUT2D eigenvalue weighted by Gasteiger charge is -2.14. The Labute approximate surface area is 105 Å². The third-order valence-electron chi connectivity index (χ3n) is 3.52. The zero-order chi connectivity index (χ0) is 12.7. The molecule has 2 aliphatic rings. The first-order chi connectivity index (χ1) is 8.66. The lowest BCUT2D eigenvalue weighted by Crippen LogP contribution is -2.39. The summed E-state index contributed by atoms with van der Waals surface area (Å²) < 4.78 is 1.90. The van der Waals surface area contributed by atoms with Crippen LogP contribution in [0.4, 0.5) is 0 Å². The van der Waals surface area contributed by atoms with Crippen molar-refractivity contribution in [3.05, 3.63) is 18.2 Å². The number of nitrogens with zero attached hydrogens (tertiary/aromatic N) is 3. The van der Waals surface area contributed by atoms with Crippen LogP contribution in [0.5, 0.6) is 0 Å². The standard InChI is InChI=1S/C12H16N4O2/c1-15-5-4-13-10(15)7-14-9-6-11(17)16(12(9)18)8-2-3-8/h4-5,8-9,14H,2-3,6-7H2,1H3. The molecule has 2 amide bonds. The number of amides is 2. The second-order valence-electron chi connectivity index (χ2n) is 4.93. The van der Waals surface area contributed by atoms with E-state index in [4.69, 9.17) is 0 Å². The van der Waals surface area contributed by atoms with E-state index in [1.165, 1.54) is 4.90 Å². The van der Waals surface area contributed by atoms with Crippen LogP contribution < -0.4 is 5.32 Å². The lowest BCUT2D eigenvalue weighted by atomic mass is 10.2. The predicted molar refractivity (Wildman–Crippen MR) is 63.3 cm³/mol. The molecule has 1 N–H and O–H groups in total. The number of likely N-dealkylation sites (tertiary alicyclic amines) is 1. The zero-order valence-corrected chi connectivity index (χ0v) is 10.3. The number of carbonyl (C=O) groups is 2. The molecule has 3 rings (SSSR count). The number of nitrogens with one attached hydrogen (secondary N) is 1. The maximum atomic E-state index is 12.1. The molecule has 6 nitrogen and oxygen atoms in total. The monoisotopic (exact) mass is 248 g/mol. The average Bonchev–Trinajstić information content (AvgIpc) is 3.01. The van der Waals surface area contributed by atoms with Crippen LogP contribution in [0.1, 0.15) is 25.1 Å². The normalized spacial score (nSPS) is 24.1. The summed E-state index contributed by atoms with van der Waals surface area (Å²) in [7, 11) is 1.90. The summed E-state index contributed by atoms with van der Waals surface area (Å²) in [4.78, 5) is 29.4. The van der Waals surface area contributed by atoms with E-state index < -0.39 is 0 Å². The van der Waals surface area contributed by atoms with E-state index in [1.54, 1.807) is 6.20 Å². The molecular formula is C12H16N4O2. The van der Waals surface area contributed by atoms with Crippen LogP contribution >= 0.6 is 0 Å². The van der Waals surface area contributed by atoms with Gasteiger partial charge in [0.25, 0.3) is 0 Å². The number of imide groups is 1. The highest BCUT2D eigenvalue weighted by Gasteiger charge is 2.45. The molecule has 1 aliphatic carbocycles. The topological polar surface area (TPSA) is 67.2 Å². The Kier molecular flexibility index (Phi) is 2.66. The van der Waals surface area contributed by atoms with Gasteiger partial charge in [-0.05, 0) is 12.8 Å². The van der Waals surface area contributed by atoms with Crippen molar-refractivity contribution in [1.82, 2.24) is 19.8 Å². The van der Waals surface area contributed by atoms with Gasteiger partial charge in [0.1, 0.15) is 5.82 Å². The number of hydrogen-bond donors (Lipinski definition) is 1. The molecule has 1 unspecified atom stereocenters. The van der Waals surface area contributed by atoms with Crippen molar-refractivity contribution in [3.63, 3.8) is 0 Å². The molecule has 0 bridgehead atoms. The second-order valence-corrected chi connectivity index (χ2v) is 4.93. The minimum absolute atomic E-state index is 0.0418. The zero-order valence-electron chi connectivity index (χ0n) is 10.3. The van der Waals surface area contributed by atoms with Crippen molar-refractivity contribution in [2.24, 2.45) is 7.05 Å². The summed E-state index contributed by atoms with van der Waals surface area (Å²) in [6, 6.07) is -0.209. The van der Waals surface area contributed by atoms with Gasteiger partial charge in [0.2, 0.25) is 11.8 Å². The van der Waals surface area contributed by atoms with Crippen LogP contribution in [0.25, 0.3) is 0 Å². The number of aromatic nitrogens is 2. The lowest BCUT2D eigenvalue weighted by molar-refractivity contribution is -0.139. The van der Waals surface area contributed by atoms with Crippen molar-refractivity contribution < 1.29 is 9.59 Å². The van der Waals surface area contributed by atoms with Gasteiger partial charge < -0.3 is 4.57 Å². The third-order valence-corrected chi connectivity index (χ3v) is 3.52. The van der Waals surface area contributed by atoms with Gasteiger partial charge in [-0.1, -0.05) is 0 Å². The molecule has 0 radical (unpaired) electrons. The van der Waals surface area contributed by atoms with E-state index in [1.807, 2.05) is 17.8 Å². The van der Waals surface area contributed by atoms with Crippen LogP contribution in [0, 0.1) is 0 Å². The maximum absolute atomic E-state index is 12.1. The minimum Gasteiger partial charge on any atom is -0.337 e. The summed E-state index contributed by atoms with van der Waals surface area (Å²) in [5, 5.41) is 3.12. The Hall–Kier alpha value is -1.69. The van der Waals surface area contributed by atoms with Crippen LogP contribution in [-0.4, -0.2) is 38.3 Å². The molecule has 1 aromatic rings. The van der Waals surface area contributed by atoms with Crippen molar-refractivity contribution in [1.29, 1.82) is 0 Å². The molecule has 1 aromatic heterocycles. The number of hydrogen-bond acceptors (Lipinski definition) is 4. The molecule has 0 spiro atoms. The third kappa shape index (κ3) is 1.92. The second kappa shape index (κ2) is 4.20. The molecule has 2 heterocycles. The van der Waals surface area contributed by atoms with Gasteiger partial charge in [0, 0.05) is 25.5 Å². The fraction of sp³-hybridized carbons (Fsp3) is 0.583. The molecule has 0 aromatic carbocycles. The van der Waals surface area contributed by atoms with Crippen molar-refractivity contribution >= 4 is 11.8 Å². The fourth-order valence-corrected chi connectivity index (χ4v) is 2.31. The molecule has 6 heteroatoms. The largest absolute Gasteiger partial charge is 0.337 e. The smallest absolute Gasteiger partial charge is 0.247 e. The first-order valence-electron chi connectivity index (χ1n) is 6.22. The molecule has 18 heavy (non-hydrogen) atoms. The molecule has 1 aliphatic heterocycles. The number of imidazole rings is 1. The summed E-state index contributed by atoms with van der Waals surface area (Å²) in [6.45, 7) is 0.506. The maximum Gasteiger partial charge on any atom is 0.247 e. The van der Waals surface area contributed by atoms with E-state index >= 15 is 0 Å². The Balaban J connectivity index is 1.62. The van der Waals surface area contributed by atoms with Gasteiger partial charge in [-0.3, -0.25) is 19.8 Å². The number of aryl methyl sites for hydroxylation is 1. The first kappa shape index (κ1) is 11.4. The van der Waals surface area contributed by atoms with Gasteiger partial charge >= 0.3 is 0 Å². The van der Waals surface area contributed by atoms with Gasteiger partial charge in [-0.25, -0.2) is 4.98 Å². The number of carbonyl (C=O) groups excluding carboxylic acids is 2. The Morgan fingerprint density at radius 1 is 1.44 bits per heavy atom. The Bertz CT molecular complexity index is 492.